The van der Waals surface area contributed by atoms with E-state index < -0.39 is 0 Å². The van der Waals surface area contributed by atoms with Gasteiger partial charge in [-0.2, -0.15) is 0 Å². The van der Waals surface area contributed by atoms with Gasteiger partial charge < -0.3 is 15.5 Å². The number of piperidine rings is 1. The van der Waals surface area contributed by atoms with Gasteiger partial charge in [-0.25, -0.2) is 9.97 Å². The molecule has 7 heteroatoms. The molecule has 25 heavy (non-hydrogen) atoms. The fourth-order valence-corrected chi connectivity index (χ4v) is 2.86. The largest absolute Gasteiger partial charge is 0.349 e. The zero-order chi connectivity index (χ0) is 17.6. The molecule has 0 atom stereocenters. The van der Waals surface area contributed by atoms with Gasteiger partial charge in [0.25, 0.3) is 5.91 Å². The fourth-order valence-electron chi connectivity index (χ4n) is 2.86. The molecule has 130 valence electrons. The van der Waals surface area contributed by atoms with Crippen LogP contribution >= 0.6 is 0 Å². The van der Waals surface area contributed by atoms with E-state index in [1.807, 2.05) is 0 Å². The normalized spacial score (nSPS) is 14.8. The smallest absolute Gasteiger partial charge is 0.251 e. The quantitative estimate of drug-likeness (QED) is 0.887. The highest BCUT2D eigenvalue weighted by Gasteiger charge is 2.22. The zero-order valence-corrected chi connectivity index (χ0v) is 14.1. The van der Waals surface area contributed by atoms with Gasteiger partial charge in [0.15, 0.2) is 0 Å². The average molecular weight is 339 g/mol. The molecule has 7 nitrogen and oxygen atoms in total. The third kappa shape index (κ3) is 4.53. The maximum Gasteiger partial charge on any atom is 0.251 e. The van der Waals surface area contributed by atoms with E-state index in [0.717, 1.165) is 31.9 Å². The Balaban J connectivity index is 1.51. The van der Waals surface area contributed by atoms with E-state index in [4.69, 9.17) is 0 Å². The zero-order valence-electron chi connectivity index (χ0n) is 14.1. The van der Waals surface area contributed by atoms with Crippen LogP contribution in [-0.4, -0.2) is 40.9 Å². The minimum absolute atomic E-state index is 0.0937. The summed E-state index contributed by atoms with van der Waals surface area (Å²) in [6.07, 6.45) is 5.18. The Morgan fingerprint density at radius 2 is 1.72 bits per heavy atom. The monoisotopic (exact) mass is 339 g/mol. The summed E-state index contributed by atoms with van der Waals surface area (Å²) in [5.41, 5.74) is 1.27. The van der Waals surface area contributed by atoms with Crippen LogP contribution in [0.4, 0.5) is 11.6 Å². The first-order chi connectivity index (χ1) is 12.1. The number of hydrogen-bond donors (Lipinski definition) is 2. The van der Waals surface area contributed by atoms with Crippen molar-refractivity contribution in [3.05, 3.63) is 48.3 Å². The second-order valence-corrected chi connectivity index (χ2v) is 6.04. The van der Waals surface area contributed by atoms with Gasteiger partial charge in [-0.3, -0.25) is 9.59 Å². The van der Waals surface area contributed by atoms with Gasteiger partial charge in [0.2, 0.25) is 11.9 Å². The van der Waals surface area contributed by atoms with Crippen molar-refractivity contribution in [1.29, 1.82) is 0 Å². The lowest BCUT2D eigenvalue weighted by Gasteiger charge is -2.32. The first-order valence-electron chi connectivity index (χ1n) is 8.32. The molecule has 2 N–H and O–H groups in total. The van der Waals surface area contributed by atoms with Crippen molar-refractivity contribution in [2.75, 3.05) is 23.3 Å². The maximum absolute atomic E-state index is 12.4. The topological polar surface area (TPSA) is 87.2 Å². The standard InChI is InChI=1S/C18H21N5O2/c1-13(24)21-15-5-3-14(4-6-15)17(25)22-16-7-11-23(12-8-16)18-19-9-2-10-20-18/h2-6,9-10,16H,7-8,11-12H2,1H3,(H,21,24)(H,22,25). The third-order valence-electron chi connectivity index (χ3n) is 4.13. The summed E-state index contributed by atoms with van der Waals surface area (Å²) in [5.74, 6) is 0.510. The lowest BCUT2D eigenvalue weighted by molar-refractivity contribution is -0.114. The number of aromatic nitrogens is 2. The fraction of sp³-hybridized carbons (Fsp3) is 0.333. The summed E-state index contributed by atoms with van der Waals surface area (Å²) in [5, 5.41) is 5.76. The van der Waals surface area contributed by atoms with Crippen LogP contribution in [0.3, 0.4) is 0 Å². The van der Waals surface area contributed by atoms with Crippen LogP contribution in [0.1, 0.15) is 30.1 Å². The van der Waals surface area contributed by atoms with Crippen LogP contribution < -0.4 is 15.5 Å². The summed E-state index contributed by atoms with van der Waals surface area (Å²) in [7, 11) is 0. The van der Waals surface area contributed by atoms with E-state index in [2.05, 4.69) is 25.5 Å². The minimum Gasteiger partial charge on any atom is -0.349 e. The molecule has 0 aliphatic carbocycles. The highest BCUT2D eigenvalue weighted by Crippen LogP contribution is 2.16. The highest BCUT2D eigenvalue weighted by atomic mass is 16.2. The van der Waals surface area contributed by atoms with Crippen molar-refractivity contribution >= 4 is 23.5 Å². The van der Waals surface area contributed by atoms with Gasteiger partial charge in [-0.15, -0.1) is 0 Å². The van der Waals surface area contributed by atoms with Crippen molar-refractivity contribution in [3.8, 4) is 0 Å². The van der Waals surface area contributed by atoms with E-state index in [-0.39, 0.29) is 17.9 Å². The van der Waals surface area contributed by atoms with Crippen LogP contribution in [0.2, 0.25) is 0 Å². The van der Waals surface area contributed by atoms with Crippen LogP contribution in [-0.2, 0) is 4.79 Å². The minimum atomic E-state index is -0.133. The Morgan fingerprint density at radius 1 is 1.08 bits per heavy atom. The predicted molar refractivity (Wildman–Crippen MR) is 95.5 cm³/mol. The van der Waals surface area contributed by atoms with Gasteiger partial charge in [0.1, 0.15) is 0 Å². The molecule has 0 saturated carbocycles. The van der Waals surface area contributed by atoms with Crippen molar-refractivity contribution in [3.63, 3.8) is 0 Å². The number of nitrogens with zero attached hydrogens (tertiary/aromatic N) is 3. The van der Waals surface area contributed by atoms with Crippen LogP contribution in [0.5, 0.6) is 0 Å². The molecule has 1 saturated heterocycles. The number of carbonyl (C=O) groups is 2. The molecule has 2 heterocycles. The SMILES string of the molecule is CC(=O)Nc1ccc(C(=O)NC2CCN(c3ncccn3)CC2)cc1. The Kier molecular flexibility index (Phi) is 5.23. The summed E-state index contributed by atoms with van der Waals surface area (Å²) in [6, 6.07) is 8.83. The molecule has 2 aromatic rings. The summed E-state index contributed by atoms with van der Waals surface area (Å²) in [6.45, 7) is 3.08. The van der Waals surface area contributed by atoms with Gasteiger partial charge in [-0.1, -0.05) is 0 Å². The second-order valence-electron chi connectivity index (χ2n) is 6.04. The van der Waals surface area contributed by atoms with E-state index in [0.29, 0.717) is 11.3 Å². The Hall–Kier alpha value is -2.96. The first-order valence-corrected chi connectivity index (χ1v) is 8.32. The second kappa shape index (κ2) is 7.74. The maximum atomic E-state index is 12.4. The van der Waals surface area contributed by atoms with Gasteiger partial charge in [-0.05, 0) is 43.2 Å². The molecule has 0 unspecified atom stereocenters. The average Bonchev–Trinajstić information content (AvgIpc) is 2.63. The van der Waals surface area contributed by atoms with Crippen molar-refractivity contribution in [1.82, 2.24) is 15.3 Å². The van der Waals surface area contributed by atoms with E-state index in [9.17, 15) is 9.59 Å². The Morgan fingerprint density at radius 3 is 2.32 bits per heavy atom. The predicted octanol–water partition coefficient (Wildman–Crippen LogP) is 1.83. The summed E-state index contributed by atoms with van der Waals surface area (Å²) < 4.78 is 0. The number of anilines is 2. The molecule has 1 fully saturated rings. The molecule has 0 radical (unpaired) electrons. The van der Waals surface area contributed by atoms with Gasteiger partial charge >= 0.3 is 0 Å². The molecular formula is C18H21N5O2. The van der Waals surface area contributed by atoms with Crippen LogP contribution in [0.25, 0.3) is 0 Å². The Labute approximate surface area is 146 Å². The molecule has 0 bridgehead atoms. The Bertz CT molecular complexity index is 725. The third-order valence-corrected chi connectivity index (χ3v) is 4.13. The van der Waals surface area contributed by atoms with Crippen molar-refractivity contribution < 1.29 is 9.59 Å². The number of amides is 2. The van der Waals surface area contributed by atoms with E-state index in [1.165, 1.54) is 6.92 Å². The number of nitrogens with one attached hydrogen (secondary N) is 2. The molecule has 0 spiro atoms. The van der Waals surface area contributed by atoms with Gasteiger partial charge in [0, 0.05) is 49.7 Å². The molecule has 1 aliphatic heterocycles. The lowest BCUT2D eigenvalue weighted by Crippen LogP contribution is -2.45. The lowest BCUT2D eigenvalue weighted by atomic mass is 10.0. The number of hydrogen-bond acceptors (Lipinski definition) is 5. The molecule has 1 aliphatic rings. The van der Waals surface area contributed by atoms with Crippen molar-refractivity contribution in [2.45, 2.75) is 25.8 Å². The summed E-state index contributed by atoms with van der Waals surface area (Å²) >= 11 is 0. The van der Waals surface area contributed by atoms with Gasteiger partial charge in [0.05, 0.1) is 0 Å². The number of carbonyl (C=O) groups excluding carboxylic acids is 2. The van der Waals surface area contributed by atoms with Crippen molar-refractivity contribution in [2.24, 2.45) is 0 Å². The number of rotatable bonds is 4. The first kappa shape index (κ1) is 16.9. The molecule has 1 aromatic carbocycles. The molecule has 1 aromatic heterocycles. The van der Waals surface area contributed by atoms with Crippen LogP contribution in [0.15, 0.2) is 42.7 Å². The molecule has 3 rings (SSSR count). The van der Waals surface area contributed by atoms with E-state index >= 15 is 0 Å². The number of benzene rings is 1. The highest BCUT2D eigenvalue weighted by molar-refractivity contribution is 5.95. The van der Waals surface area contributed by atoms with E-state index in [1.54, 1.807) is 42.7 Å². The summed E-state index contributed by atoms with van der Waals surface area (Å²) in [4.78, 5) is 34.0. The van der Waals surface area contributed by atoms with Crippen LogP contribution in [0, 0.1) is 0 Å². The molecule has 2 amide bonds. The molecular weight excluding hydrogens is 318 g/mol.